The fraction of sp³-hybridized carbons (Fsp3) is 0. The van der Waals surface area contributed by atoms with E-state index in [1.54, 1.807) is 12.1 Å². The van der Waals surface area contributed by atoms with E-state index in [-0.39, 0.29) is 0 Å². The maximum absolute atomic E-state index is 11.5. The molecule has 0 radical (unpaired) electrons. The molecule has 186 valence electrons. The highest BCUT2D eigenvalue weighted by molar-refractivity contribution is 6.11. The van der Waals surface area contributed by atoms with Gasteiger partial charge in [-0.05, 0) is 57.6 Å². The molecule has 0 aromatic heterocycles. The third kappa shape index (κ3) is 4.83. The topological polar surface area (TPSA) is 181 Å². The molecule has 12 nitrogen and oxygen atoms in total. The predicted molar refractivity (Wildman–Crippen MR) is 138 cm³/mol. The van der Waals surface area contributed by atoms with Crippen LogP contribution in [0.3, 0.4) is 0 Å². The molecule has 0 unspecified atom stereocenters. The van der Waals surface area contributed by atoms with Gasteiger partial charge in [0.25, 0.3) is 17.1 Å². The van der Waals surface area contributed by atoms with Crippen LogP contribution in [-0.4, -0.2) is 14.8 Å². The molecule has 1 saturated carbocycles. The zero-order valence-electron chi connectivity index (χ0n) is 30.6. The van der Waals surface area contributed by atoms with Gasteiger partial charge in [-0.25, -0.2) is 4.85 Å². The molecule has 3 aromatic rings. The monoisotopic (exact) mass is 528 g/mol. The molecular formula is C27H12N6O6. The van der Waals surface area contributed by atoms with Gasteiger partial charge in [-0.15, -0.1) is 0 Å². The zero-order valence-corrected chi connectivity index (χ0v) is 18.6. The fourth-order valence-corrected chi connectivity index (χ4v) is 3.19. The Labute approximate surface area is 236 Å². The summed E-state index contributed by atoms with van der Waals surface area (Å²) >= 11 is 0. The van der Waals surface area contributed by atoms with Crippen molar-refractivity contribution in [1.29, 1.82) is 10.5 Å². The van der Waals surface area contributed by atoms with Gasteiger partial charge >= 0.3 is 0 Å². The first kappa shape index (κ1) is 14.3. The highest BCUT2D eigenvalue weighted by Crippen LogP contribution is 2.56. The molecule has 39 heavy (non-hydrogen) atoms. The molecule has 0 atom stereocenters. The van der Waals surface area contributed by atoms with Crippen molar-refractivity contribution >= 4 is 33.9 Å². The summed E-state index contributed by atoms with van der Waals surface area (Å²) < 4.78 is 98.8. The van der Waals surface area contributed by atoms with E-state index in [1.807, 2.05) is 0 Å². The third-order valence-electron chi connectivity index (χ3n) is 4.88. The summed E-state index contributed by atoms with van der Waals surface area (Å²) in [5, 5.41) is 55.2. The summed E-state index contributed by atoms with van der Waals surface area (Å²) in [5.74, 6) is 0. The lowest BCUT2D eigenvalue weighted by atomic mass is 10.0. The van der Waals surface area contributed by atoms with E-state index in [0.717, 1.165) is 0 Å². The summed E-state index contributed by atoms with van der Waals surface area (Å²) in [6.07, 6.45) is 0. The van der Waals surface area contributed by atoms with E-state index >= 15 is 0 Å². The van der Waals surface area contributed by atoms with Crippen molar-refractivity contribution in [3.63, 3.8) is 0 Å². The van der Waals surface area contributed by atoms with Crippen LogP contribution in [0.5, 0.6) is 0 Å². The number of nitro groups is 3. The summed E-state index contributed by atoms with van der Waals surface area (Å²) in [5.41, 5.74) is -11.5. The quantitative estimate of drug-likeness (QED) is 0.161. The van der Waals surface area contributed by atoms with Crippen molar-refractivity contribution in [3.05, 3.63) is 148 Å². The minimum absolute atomic E-state index is 0.680. The van der Waals surface area contributed by atoms with Gasteiger partial charge in [0.2, 0.25) is 5.70 Å². The maximum Gasteiger partial charge on any atom is 0.269 e. The van der Waals surface area contributed by atoms with Gasteiger partial charge in [-0.1, -0.05) is 12.1 Å². The molecule has 0 saturated heterocycles. The zero-order chi connectivity index (χ0) is 38.7. The highest BCUT2D eigenvalue weighted by atomic mass is 16.6. The van der Waals surface area contributed by atoms with Crippen molar-refractivity contribution in [2.24, 2.45) is 0 Å². The second-order valence-corrected chi connectivity index (χ2v) is 7.00. The minimum Gasteiger partial charge on any atom is -0.258 e. The van der Waals surface area contributed by atoms with E-state index in [2.05, 4.69) is 4.85 Å². The predicted octanol–water partition coefficient (Wildman–Crippen LogP) is 6.01. The first-order chi connectivity index (χ1) is 23.7. The number of nitrogens with zero attached hydrogens (tertiary/aromatic N) is 6. The van der Waals surface area contributed by atoms with Gasteiger partial charge in [-0.3, -0.25) is 30.3 Å². The molecule has 4 rings (SSSR count). The van der Waals surface area contributed by atoms with Crippen molar-refractivity contribution < 1.29 is 31.2 Å². The second-order valence-electron chi connectivity index (χ2n) is 7.00. The summed E-state index contributed by atoms with van der Waals surface area (Å²) in [4.78, 5) is 34.1. The Morgan fingerprint density at radius 2 is 0.949 bits per heavy atom. The number of hydrogen-bond acceptors (Lipinski definition) is 8. The van der Waals surface area contributed by atoms with Gasteiger partial charge in [0.1, 0.15) is 12.1 Å². The van der Waals surface area contributed by atoms with Gasteiger partial charge < -0.3 is 0 Å². The lowest BCUT2D eigenvalue weighted by Gasteiger charge is -1.99. The van der Waals surface area contributed by atoms with Crippen LogP contribution >= 0.6 is 0 Å². The van der Waals surface area contributed by atoms with Crippen LogP contribution in [0.15, 0.2) is 89.2 Å². The van der Waals surface area contributed by atoms with E-state index in [4.69, 9.17) is 23.0 Å². The largest absolute Gasteiger partial charge is 0.269 e. The molecule has 0 heterocycles. The average Bonchev–Trinajstić information content (AvgIpc) is 3.77. The van der Waals surface area contributed by atoms with E-state index < -0.39 is 155 Å². The highest BCUT2D eigenvalue weighted by Gasteiger charge is 2.41. The van der Waals surface area contributed by atoms with Crippen LogP contribution in [0.2, 0.25) is 0 Å². The average molecular weight is 529 g/mol. The lowest BCUT2D eigenvalue weighted by molar-refractivity contribution is -0.385. The second kappa shape index (κ2) is 10.3. The van der Waals surface area contributed by atoms with Crippen molar-refractivity contribution in [2.75, 3.05) is 0 Å². The Morgan fingerprint density at radius 3 is 1.21 bits per heavy atom. The Bertz CT molecular complexity index is 2110. The SMILES string of the molecule is [2H]c1c([2H])c([N+](=O)[O-])c([2H])c([2H])c1C([N+]#[C-])=C1C(=C(\C#N)c2c([2H])c([2H])c([N+](=O)[O-])c([2H])c2[2H])/C1=C(\C#N)c1c([2H])c([2H])c([N+](=O)[O-])c([2H])c1[2H]. The Morgan fingerprint density at radius 1 is 0.641 bits per heavy atom. The standard InChI is InChI=1S/C27H12N6O6/c1-30-27(18-6-12-21(13-7-18)33(38)39)26-24(22(14-28)16-2-8-19(9-3-16)31(34)35)25(26)23(15-29)17-4-10-20(11-5-17)32(36)37/h2-13H/b24-22-,25-23+,27-26?/i2D,3D,4D,5D,6D,7D,8D,9D,10D,11D,12D,13D. The number of benzene rings is 3. The number of allylic oxidation sites excluding steroid dienone is 5. The van der Waals surface area contributed by atoms with E-state index in [9.17, 15) is 40.9 Å². The van der Waals surface area contributed by atoms with E-state index in [1.165, 1.54) is 0 Å². The molecule has 0 aliphatic heterocycles. The molecule has 12 heteroatoms. The number of nitro benzene ring substituents is 3. The molecule has 0 bridgehead atoms. The molecular weight excluding hydrogens is 504 g/mol. The van der Waals surface area contributed by atoms with Crippen LogP contribution in [0.4, 0.5) is 17.1 Å². The Hall–Kier alpha value is -6.45. The summed E-state index contributed by atoms with van der Waals surface area (Å²) in [6, 6.07) is -11.3. The molecule has 1 aliphatic rings. The molecule has 0 N–H and O–H groups in total. The van der Waals surface area contributed by atoms with Gasteiger partial charge in [0, 0.05) is 36.3 Å². The Balaban J connectivity index is 2.38. The first-order valence-electron chi connectivity index (χ1n) is 15.9. The van der Waals surface area contributed by atoms with Crippen molar-refractivity contribution in [1.82, 2.24) is 0 Å². The van der Waals surface area contributed by atoms with Gasteiger partial charge in [0.15, 0.2) is 0 Å². The maximum atomic E-state index is 11.5. The van der Waals surface area contributed by atoms with Crippen molar-refractivity contribution in [2.45, 2.75) is 0 Å². The van der Waals surface area contributed by atoms with Crippen LogP contribution < -0.4 is 0 Å². The molecule has 0 spiro atoms. The number of rotatable bonds is 6. The Kier molecular flexibility index (Phi) is 3.77. The number of hydrogen-bond donors (Lipinski definition) is 0. The first-order valence-corrected chi connectivity index (χ1v) is 9.91. The smallest absolute Gasteiger partial charge is 0.258 e. The molecule has 1 fully saturated rings. The minimum atomic E-state index is -1.29. The van der Waals surface area contributed by atoms with Crippen molar-refractivity contribution in [3.8, 4) is 12.1 Å². The third-order valence-corrected chi connectivity index (χ3v) is 4.88. The fourth-order valence-electron chi connectivity index (χ4n) is 3.19. The van der Waals surface area contributed by atoms with Gasteiger partial charge in [-0.2, -0.15) is 10.5 Å². The van der Waals surface area contributed by atoms with Crippen LogP contribution in [0.1, 0.15) is 33.1 Å². The van der Waals surface area contributed by atoms with Crippen LogP contribution in [-0.2, 0) is 0 Å². The van der Waals surface area contributed by atoms with Crippen LogP contribution in [0, 0.1) is 59.6 Å². The van der Waals surface area contributed by atoms with Crippen LogP contribution in [0.25, 0.3) is 21.7 Å². The molecule has 3 aromatic carbocycles. The lowest BCUT2D eigenvalue weighted by Crippen LogP contribution is -1.89. The molecule has 0 amide bonds. The summed E-state index contributed by atoms with van der Waals surface area (Å²) in [6.45, 7) is 7.90. The van der Waals surface area contributed by atoms with E-state index in [0.29, 0.717) is 0 Å². The molecule has 1 aliphatic carbocycles. The van der Waals surface area contributed by atoms with Gasteiger partial charge in [0.05, 0.1) is 48.9 Å². The normalized spacial score (nSPS) is 19.9. The number of nitriles is 2. The summed E-state index contributed by atoms with van der Waals surface area (Å²) in [7, 11) is 0.